The number of carbonyl (C=O) groups is 1. The second kappa shape index (κ2) is 9.34. The van der Waals surface area contributed by atoms with Gasteiger partial charge in [0.05, 0.1) is 24.2 Å². The summed E-state index contributed by atoms with van der Waals surface area (Å²) in [6, 6.07) is 18.1. The number of ether oxygens (including phenoxy) is 1. The minimum atomic E-state index is -0.312. The summed E-state index contributed by atoms with van der Waals surface area (Å²) in [5.74, 6) is 1.40. The molecule has 1 amide bonds. The number of amides is 1. The van der Waals surface area contributed by atoms with Gasteiger partial charge >= 0.3 is 0 Å². The molecule has 3 aromatic rings. The molecular weight excluding hydrogens is 422 g/mol. The van der Waals surface area contributed by atoms with E-state index in [1.165, 1.54) is 11.8 Å². The monoisotopic (exact) mass is 449 g/mol. The molecule has 166 valence electrons. The van der Waals surface area contributed by atoms with Crippen LogP contribution in [0.2, 0.25) is 0 Å². The lowest BCUT2D eigenvalue weighted by molar-refractivity contribution is -0.115. The smallest absolute Gasteiger partial charge is 0.237 e. The zero-order valence-electron chi connectivity index (χ0n) is 18.1. The van der Waals surface area contributed by atoms with Crippen molar-refractivity contribution in [2.24, 2.45) is 0 Å². The summed E-state index contributed by atoms with van der Waals surface area (Å²) >= 11 is 1.39. The highest BCUT2D eigenvalue weighted by molar-refractivity contribution is 8.00. The summed E-state index contributed by atoms with van der Waals surface area (Å²) in [5.41, 5.74) is 2.95. The standard InChI is InChI=1S/C24H27N5O2S/c1-17(23(30)25-19-9-11-20(12-10-19)28-13-15-31-16-14-28)32-24-26-22(18-7-8-18)29(27-24)21-5-3-2-4-6-21/h2-6,9-12,17-18H,7-8,13-16H2,1H3,(H,25,30)/t17-/m0/s1. The molecule has 1 N–H and O–H groups in total. The van der Waals surface area contributed by atoms with Crippen molar-refractivity contribution in [1.29, 1.82) is 0 Å². The van der Waals surface area contributed by atoms with Crippen molar-refractivity contribution in [2.75, 3.05) is 36.5 Å². The molecule has 2 aliphatic rings. The minimum Gasteiger partial charge on any atom is -0.378 e. The lowest BCUT2D eigenvalue weighted by Crippen LogP contribution is -2.36. The van der Waals surface area contributed by atoms with E-state index in [0.29, 0.717) is 11.1 Å². The summed E-state index contributed by atoms with van der Waals surface area (Å²) in [6.45, 7) is 5.19. The molecule has 1 saturated heterocycles. The first-order valence-electron chi connectivity index (χ1n) is 11.1. The van der Waals surface area contributed by atoms with Crippen molar-refractivity contribution < 1.29 is 9.53 Å². The van der Waals surface area contributed by atoms with E-state index in [-0.39, 0.29) is 11.2 Å². The van der Waals surface area contributed by atoms with Gasteiger partial charge in [-0.1, -0.05) is 30.0 Å². The average molecular weight is 450 g/mol. The molecule has 0 unspecified atom stereocenters. The maximum absolute atomic E-state index is 12.8. The van der Waals surface area contributed by atoms with Gasteiger partial charge in [-0.15, -0.1) is 5.10 Å². The molecule has 1 aliphatic heterocycles. The molecule has 2 aromatic carbocycles. The van der Waals surface area contributed by atoms with Crippen LogP contribution < -0.4 is 10.2 Å². The molecule has 32 heavy (non-hydrogen) atoms. The highest BCUT2D eigenvalue weighted by Gasteiger charge is 2.31. The van der Waals surface area contributed by atoms with Gasteiger partial charge in [0.25, 0.3) is 0 Å². The molecule has 7 nitrogen and oxygen atoms in total. The Balaban J connectivity index is 1.23. The Kier molecular flexibility index (Phi) is 6.14. The van der Waals surface area contributed by atoms with Crippen molar-refractivity contribution in [3.05, 3.63) is 60.4 Å². The Morgan fingerprint density at radius 1 is 1.06 bits per heavy atom. The number of carbonyl (C=O) groups excluding carboxylic acids is 1. The number of thioether (sulfide) groups is 1. The second-order valence-corrected chi connectivity index (χ2v) is 9.48. The number of benzene rings is 2. The second-order valence-electron chi connectivity index (χ2n) is 8.17. The Labute approximate surface area is 192 Å². The largest absolute Gasteiger partial charge is 0.378 e. The average Bonchev–Trinajstić information content (AvgIpc) is 3.60. The van der Waals surface area contributed by atoms with Crippen molar-refractivity contribution in [3.63, 3.8) is 0 Å². The Hall–Kier alpha value is -2.84. The Morgan fingerprint density at radius 3 is 2.47 bits per heavy atom. The van der Waals surface area contributed by atoms with Gasteiger partial charge < -0.3 is 15.0 Å². The van der Waals surface area contributed by atoms with Crippen LogP contribution in [0.5, 0.6) is 0 Å². The van der Waals surface area contributed by atoms with Crippen LogP contribution in [-0.4, -0.2) is 52.2 Å². The predicted molar refractivity (Wildman–Crippen MR) is 127 cm³/mol. The zero-order valence-corrected chi connectivity index (χ0v) is 18.9. The van der Waals surface area contributed by atoms with Crippen LogP contribution in [0.3, 0.4) is 0 Å². The number of hydrogen-bond donors (Lipinski definition) is 1. The topological polar surface area (TPSA) is 72.3 Å². The quantitative estimate of drug-likeness (QED) is 0.548. The maximum atomic E-state index is 12.8. The van der Waals surface area contributed by atoms with Gasteiger partial charge in [0, 0.05) is 30.4 Å². The highest BCUT2D eigenvalue weighted by Crippen LogP contribution is 2.40. The number of morpholine rings is 1. The fourth-order valence-corrected chi connectivity index (χ4v) is 4.51. The number of rotatable bonds is 7. The van der Waals surface area contributed by atoms with E-state index in [4.69, 9.17) is 14.8 Å². The van der Waals surface area contributed by atoms with E-state index < -0.39 is 0 Å². The van der Waals surface area contributed by atoms with E-state index in [1.54, 1.807) is 0 Å². The van der Waals surface area contributed by atoms with Gasteiger partial charge in [-0.2, -0.15) is 0 Å². The number of anilines is 2. The van der Waals surface area contributed by atoms with Gasteiger partial charge in [0.2, 0.25) is 11.1 Å². The van der Waals surface area contributed by atoms with E-state index in [0.717, 1.165) is 62.0 Å². The van der Waals surface area contributed by atoms with Gasteiger partial charge in [0.15, 0.2) is 0 Å². The number of hydrogen-bond acceptors (Lipinski definition) is 6. The number of aromatic nitrogens is 3. The van der Waals surface area contributed by atoms with Crippen LogP contribution in [0.1, 0.15) is 31.5 Å². The molecule has 1 aliphatic carbocycles. The first-order chi connectivity index (χ1) is 15.7. The van der Waals surface area contributed by atoms with Crippen molar-refractivity contribution >= 4 is 29.0 Å². The molecule has 0 radical (unpaired) electrons. The van der Waals surface area contributed by atoms with Gasteiger partial charge in [-0.25, -0.2) is 9.67 Å². The van der Waals surface area contributed by atoms with Gasteiger partial charge in [-0.3, -0.25) is 4.79 Å². The molecule has 0 bridgehead atoms. The lowest BCUT2D eigenvalue weighted by Gasteiger charge is -2.28. The first kappa shape index (κ1) is 21.0. The summed E-state index contributed by atoms with van der Waals surface area (Å²) in [5, 5.41) is 8.05. The van der Waals surface area contributed by atoms with Crippen LogP contribution in [0.25, 0.3) is 5.69 Å². The Bertz CT molecular complexity index is 1060. The molecule has 0 spiro atoms. The molecule has 1 aromatic heterocycles. The third-order valence-corrected chi connectivity index (χ3v) is 6.67. The molecule has 2 heterocycles. The SMILES string of the molecule is C[C@H](Sc1nc(C2CC2)n(-c2ccccc2)n1)C(=O)Nc1ccc(N2CCOCC2)cc1. The molecule has 1 saturated carbocycles. The van der Waals surface area contributed by atoms with E-state index >= 15 is 0 Å². The molecule has 2 fully saturated rings. The maximum Gasteiger partial charge on any atom is 0.237 e. The summed E-state index contributed by atoms with van der Waals surface area (Å²) in [7, 11) is 0. The van der Waals surface area contributed by atoms with Crippen LogP contribution in [-0.2, 0) is 9.53 Å². The molecular formula is C24H27N5O2S. The van der Waals surface area contributed by atoms with Crippen LogP contribution >= 0.6 is 11.8 Å². The molecule has 1 atom stereocenters. The van der Waals surface area contributed by atoms with Crippen LogP contribution in [0.15, 0.2) is 59.8 Å². The summed E-state index contributed by atoms with van der Waals surface area (Å²) < 4.78 is 7.34. The summed E-state index contributed by atoms with van der Waals surface area (Å²) in [4.78, 5) is 19.8. The molecule has 8 heteroatoms. The van der Waals surface area contributed by atoms with E-state index in [2.05, 4.69) is 10.2 Å². The fraction of sp³-hybridized carbons (Fsp3) is 0.375. The molecule has 5 rings (SSSR count). The van der Waals surface area contributed by atoms with E-state index in [1.807, 2.05) is 66.2 Å². The zero-order chi connectivity index (χ0) is 21.9. The van der Waals surface area contributed by atoms with Gasteiger partial charge in [-0.05, 0) is 56.2 Å². The third kappa shape index (κ3) is 4.81. The Morgan fingerprint density at radius 2 is 1.78 bits per heavy atom. The number of para-hydroxylation sites is 1. The normalized spacial score (nSPS) is 17.2. The number of nitrogens with one attached hydrogen (secondary N) is 1. The van der Waals surface area contributed by atoms with Gasteiger partial charge in [0.1, 0.15) is 5.82 Å². The van der Waals surface area contributed by atoms with Crippen molar-refractivity contribution in [3.8, 4) is 5.69 Å². The van der Waals surface area contributed by atoms with Crippen LogP contribution in [0.4, 0.5) is 11.4 Å². The highest BCUT2D eigenvalue weighted by atomic mass is 32.2. The summed E-state index contributed by atoms with van der Waals surface area (Å²) in [6.07, 6.45) is 2.29. The minimum absolute atomic E-state index is 0.0573. The lowest BCUT2D eigenvalue weighted by atomic mass is 10.2. The predicted octanol–water partition coefficient (Wildman–Crippen LogP) is 4.10. The van der Waals surface area contributed by atoms with Crippen molar-refractivity contribution in [2.45, 2.75) is 36.1 Å². The third-order valence-electron chi connectivity index (χ3n) is 5.72. The van der Waals surface area contributed by atoms with Crippen molar-refractivity contribution in [1.82, 2.24) is 14.8 Å². The van der Waals surface area contributed by atoms with Crippen LogP contribution in [0, 0.1) is 0 Å². The first-order valence-corrected chi connectivity index (χ1v) is 12.0. The van der Waals surface area contributed by atoms with E-state index in [9.17, 15) is 4.79 Å². The fourth-order valence-electron chi connectivity index (χ4n) is 3.75. The number of nitrogens with zero attached hydrogens (tertiary/aromatic N) is 4.